The van der Waals surface area contributed by atoms with Crippen LogP contribution in [-0.4, -0.2) is 13.2 Å². The van der Waals surface area contributed by atoms with Crippen LogP contribution in [0, 0.1) is 0 Å². The minimum atomic E-state index is -2.94. The maximum atomic E-state index is 13.8. The molecule has 5 heteroatoms. The quantitative estimate of drug-likeness (QED) is 0.897. The van der Waals surface area contributed by atoms with Crippen molar-refractivity contribution in [2.45, 2.75) is 37.6 Å². The molecular formula is C14H17F2NO2. The second-order valence-corrected chi connectivity index (χ2v) is 5.44. The molecule has 0 spiro atoms. The Morgan fingerprint density at radius 1 is 1.16 bits per heavy atom. The third kappa shape index (κ3) is 2.27. The Bertz CT molecular complexity index is 473. The Balaban J connectivity index is 2.14. The molecule has 1 fully saturated rings. The lowest BCUT2D eigenvalue weighted by molar-refractivity contribution is 0.0157. The summed E-state index contributed by atoms with van der Waals surface area (Å²) in [6.07, 6.45) is 2.21. The summed E-state index contributed by atoms with van der Waals surface area (Å²) >= 11 is 0. The molecular weight excluding hydrogens is 252 g/mol. The van der Waals surface area contributed by atoms with Gasteiger partial charge in [0.1, 0.15) is 0 Å². The largest absolute Gasteiger partial charge is 0.490 e. The molecule has 2 aliphatic rings. The zero-order valence-corrected chi connectivity index (χ0v) is 10.8. The van der Waals surface area contributed by atoms with Gasteiger partial charge in [-0.15, -0.1) is 0 Å². The fourth-order valence-electron chi connectivity index (χ4n) is 2.39. The molecule has 0 unspecified atom stereocenters. The summed E-state index contributed by atoms with van der Waals surface area (Å²) in [5.74, 6) is -2.02. The third-order valence-corrected chi connectivity index (χ3v) is 3.69. The Morgan fingerprint density at radius 3 is 2.26 bits per heavy atom. The van der Waals surface area contributed by atoms with Crippen molar-refractivity contribution in [3.63, 3.8) is 0 Å². The number of fused-ring (bicyclic) bond motifs is 1. The van der Waals surface area contributed by atoms with E-state index in [0.29, 0.717) is 30.3 Å². The molecule has 1 heterocycles. The van der Waals surface area contributed by atoms with Crippen molar-refractivity contribution >= 4 is 0 Å². The van der Waals surface area contributed by atoms with E-state index in [1.54, 1.807) is 6.07 Å². The van der Waals surface area contributed by atoms with Gasteiger partial charge in [0, 0.05) is 24.4 Å². The number of hydrogen-bond acceptors (Lipinski definition) is 3. The monoisotopic (exact) mass is 269 g/mol. The molecule has 1 aliphatic heterocycles. The number of hydrogen-bond donors (Lipinski definition) is 1. The topological polar surface area (TPSA) is 44.5 Å². The van der Waals surface area contributed by atoms with Gasteiger partial charge < -0.3 is 15.2 Å². The van der Waals surface area contributed by atoms with E-state index in [9.17, 15) is 8.78 Å². The van der Waals surface area contributed by atoms with E-state index < -0.39 is 11.5 Å². The molecule has 1 aliphatic carbocycles. The predicted octanol–water partition coefficient (Wildman–Crippen LogP) is 2.91. The normalized spacial score (nSPS) is 20.8. The highest BCUT2D eigenvalue weighted by atomic mass is 19.3. The summed E-state index contributed by atoms with van der Waals surface area (Å²) in [5, 5.41) is 0. The minimum absolute atomic E-state index is 0.0447. The van der Waals surface area contributed by atoms with Crippen LogP contribution < -0.4 is 15.2 Å². The van der Waals surface area contributed by atoms with Gasteiger partial charge in [-0.3, -0.25) is 0 Å². The molecule has 19 heavy (non-hydrogen) atoms. The third-order valence-electron chi connectivity index (χ3n) is 3.69. The first-order chi connectivity index (χ1) is 8.90. The molecule has 3 rings (SSSR count). The fourth-order valence-corrected chi connectivity index (χ4v) is 2.39. The number of nitrogens with two attached hydrogens (primary N) is 1. The zero-order valence-electron chi connectivity index (χ0n) is 10.8. The van der Waals surface area contributed by atoms with E-state index in [0.717, 1.165) is 26.2 Å². The van der Waals surface area contributed by atoms with Gasteiger partial charge in [-0.05, 0) is 30.5 Å². The molecule has 104 valence electrons. The Hall–Kier alpha value is -1.36. The first-order valence-electron chi connectivity index (χ1n) is 6.51. The fraction of sp³-hybridized carbons (Fsp3) is 0.571. The summed E-state index contributed by atoms with van der Waals surface area (Å²) in [5.41, 5.74) is 5.93. The van der Waals surface area contributed by atoms with Crippen LogP contribution in [0.1, 0.15) is 37.3 Å². The molecule has 1 saturated carbocycles. The predicted molar refractivity (Wildman–Crippen MR) is 66.7 cm³/mol. The summed E-state index contributed by atoms with van der Waals surface area (Å²) in [6, 6.07) is 3.03. The lowest BCUT2D eigenvalue weighted by Crippen LogP contribution is -2.24. The number of benzene rings is 1. The summed E-state index contributed by atoms with van der Waals surface area (Å²) in [7, 11) is 0. The average molecular weight is 269 g/mol. The smallest absolute Gasteiger partial charge is 0.270 e. The first-order valence-corrected chi connectivity index (χ1v) is 6.51. The van der Waals surface area contributed by atoms with Crippen LogP contribution in [0.15, 0.2) is 12.1 Å². The molecule has 1 aromatic carbocycles. The van der Waals surface area contributed by atoms with E-state index in [4.69, 9.17) is 15.2 Å². The lowest BCUT2D eigenvalue weighted by atomic mass is 9.94. The van der Waals surface area contributed by atoms with Crippen LogP contribution in [-0.2, 0) is 11.5 Å². The van der Waals surface area contributed by atoms with Gasteiger partial charge in [0.2, 0.25) is 0 Å². The first kappa shape index (κ1) is 12.7. The summed E-state index contributed by atoms with van der Waals surface area (Å²) in [4.78, 5) is 0. The van der Waals surface area contributed by atoms with E-state index in [1.165, 1.54) is 6.07 Å². The van der Waals surface area contributed by atoms with Gasteiger partial charge in [-0.2, -0.15) is 0 Å². The van der Waals surface area contributed by atoms with E-state index >= 15 is 0 Å². The molecule has 0 radical (unpaired) electrons. The number of halogens is 2. The second kappa shape index (κ2) is 4.07. The standard InChI is InChI=1S/C14H17F2NO2/c1-13(15,16)9-7-11-12(19-6-2-5-18-11)8-10(9)14(17)3-4-14/h7-8H,2-6,17H2,1H3. The van der Waals surface area contributed by atoms with Gasteiger partial charge in [-0.1, -0.05) is 0 Å². The molecule has 0 aromatic heterocycles. The van der Waals surface area contributed by atoms with Gasteiger partial charge in [-0.25, -0.2) is 8.78 Å². The molecule has 0 amide bonds. The van der Waals surface area contributed by atoms with Crippen molar-refractivity contribution in [1.29, 1.82) is 0 Å². The van der Waals surface area contributed by atoms with Crippen molar-refractivity contribution in [2.75, 3.05) is 13.2 Å². The van der Waals surface area contributed by atoms with Crippen molar-refractivity contribution in [1.82, 2.24) is 0 Å². The van der Waals surface area contributed by atoms with Crippen LogP contribution in [0.3, 0.4) is 0 Å². The Kier molecular flexibility index (Phi) is 2.71. The van der Waals surface area contributed by atoms with E-state index in [-0.39, 0.29) is 5.56 Å². The SMILES string of the molecule is CC(F)(F)c1cc2c(cc1C1(N)CC1)OCCCO2. The highest BCUT2D eigenvalue weighted by molar-refractivity contribution is 5.52. The second-order valence-electron chi connectivity index (χ2n) is 5.44. The number of ether oxygens (including phenoxy) is 2. The van der Waals surface area contributed by atoms with Crippen LogP contribution in [0.25, 0.3) is 0 Å². The van der Waals surface area contributed by atoms with Crippen LogP contribution in [0.4, 0.5) is 8.78 Å². The molecule has 0 bridgehead atoms. The van der Waals surface area contributed by atoms with Gasteiger partial charge in [0.05, 0.1) is 13.2 Å². The number of alkyl halides is 2. The van der Waals surface area contributed by atoms with Crippen molar-refractivity contribution < 1.29 is 18.3 Å². The summed E-state index contributed by atoms with van der Waals surface area (Å²) in [6.45, 7) is 1.91. The van der Waals surface area contributed by atoms with Crippen molar-refractivity contribution in [3.8, 4) is 11.5 Å². The maximum Gasteiger partial charge on any atom is 0.270 e. The molecule has 1 aromatic rings. The molecule has 0 saturated heterocycles. The van der Waals surface area contributed by atoms with Crippen LogP contribution >= 0.6 is 0 Å². The Morgan fingerprint density at radius 2 is 1.74 bits per heavy atom. The Labute approximate surface area is 110 Å². The highest BCUT2D eigenvalue weighted by Gasteiger charge is 2.45. The maximum absolute atomic E-state index is 13.8. The molecule has 0 atom stereocenters. The van der Waals surface area contributed by atoms with Crippen LogP contribution in [0.2, 0.25) is 0 Å². The average Bonchev–Trinajstić information content (AvgIpc) is 3.10. The van der Waals surface area contributed by atoms with Crippen molar-refractivity contribution in [3.05, 3.63) is 23.3 Å². The van der Waals surface area contributed by atoms with Crippen molar-refractivity contribution in [2.24, 2.45) is 5.73 Å². The zero-order chi connectivity index (χ0) is 13.7. The summed E-state index contributed by atoms with van der Waals surface area (Å²) < 4.78 is 38.6. The minimum Gasteiger partial charge on any atom is -0.490 e. The van der Waals surface area contributed by atoms with Gasteiger partial charge in [0.15, 0.2) is 11.5 Å². The lowest BCUT2D eigenvalue weighted by Gasteiger charge is -2.22. The molecule has 3 nitrogen and oxygen atoms in total. The van der Waals surface area contributed by atoms with Gasteiger partial charge >= 0.3 is 0 Å². The van der Waals surface area contributed by atoms with Gasteiger partial charge in [0.25, 0.3) is 5.92 Å². The van der Waals surface area contributed by atoms with Crippen LogP contribution in [0.5, 0.6) is 11.5 Å². The highest BCUT2D eigenvalue weighted by Crippen LogP contribution is 2.50. The number of rotatable bonds is 2. The molecule has 2 N–H and O–H groups in total. The van der Waals surface area contributed by atoms with E-state index in [1.807, 2.05) is 0 Å². The van der Waals surface area contributed by atoms with E-state index in [2.05, 4.69) is 0 Å².